The van der Waals surface area contributed by atoms with Gasteiger partial charge in [0.25, 0.3) is 0 Å². The number of alkyl halides is 6. The summed E-state index contributed by atoms with van der Waals surface area (Å²) in [5, 5.41) is 0. The maximum atomic E-state index is 13.7. The van der Waals surface area contributed by atoms with Gasteiger partial charge < -0.3 is 0 Å². The molecule has 1 heterocycles. The summed E-state index contributed by atoms with van der Waals surface area (Å²) in [6, 6.07) is 13.2. The molecule has 1 aromatic heterocycles. The van der Waals surface area contributed by atoms with E-state index in [-0.39, 0.29) is 29.6 Å². The second-order valence-corrected chi connectivity index (χ2v) is 9.43. The third-order valence-electron chi connectivity index (χ3n) is 5.76. The van der Waals surface area contributed by atoms with Crippen LogP contribution in [0, 0.1) is 0 Å². The predicted molar refractivity (Wildman–Crippen MR) is 121 cm³/mol. The number of pyridine rings is 1. The Bertz CT molecular complexity index is 1170. The van der Waals surface area contributed by atoms with Crippen molar-refractivity contribution in [3.8, 4) is 0 Å². The zero-order valence-corrected chi connectivity index (χ0v) is 19.5. The molecule has 0 saturated carbocycles. The molecule has 3 aromatic rings. The molecule has 1 atom stereocenters. The van der Waals surface area contributed by atoms with Crippen LogP contribution in [0.5, 0.6) is 0 Å². The minimum Gasteiger partial charge on any atom is -0.299 e. The lowest BCUT2D eigenvalue weighted by Crippen LogP contribution is -2.20. The molecule has 0 aliphatic carbocycles. The van der Waals surface area contributed by atoms with Crippen LogP contribution in [0.15, 0.2) is 66.9 Å². The fourth-order valence-corrected chi connectivity index (χ4v) is 4.13. The molecule has 0 fully saturated rings. The van der Waals surface area contributed by atoms with Crippen molar-refractivity contribution >= 4 is 5.78 Å². The molecule has 0 aliphatic rings. The highest BCUT2D eigenvalue weighted by atomic mass is 19.4. The van der Waals surface area contributed by atoms with Gasteiger partial charge in [0.1, 0.15) is 5.78 Å². The van der Waals surface area contributed by atoms with Crippen LogP contribution in [0.2, 0.25) is 0 Å². The molecule has 0 radical (unpaired) electrons. The van der Waals surface area contributed by atoms with Crippen LogP contribution < -0.4 is 0 Å². The number of hydrogen-bond donors (Lipinski definition) is 0. The average molecular weight is 493 g/mol. The lowest BCUT2D eigenvalue weighted by molar-refractivity contribution is -0.139. The van der Waals surface area contributed by atoms with E-state index in [9.17, 15) is 31.1 Å². The number of nitrogens with zero attached hydrogens (tertiary/aromatic N) is 1. The van der Waals surface area contributed by atoms with Crippen LogP contribution in [-0.2, 0) is 29.0 Å². The summed E-state index contributed by atoms with van der Waals surface area (Å²) in [7, 11) is 0. The first kappa shape index (κ1) is 26.4. The van der Waals surface area contributed by atoms with Gasteiger partial charge in [-0.25, -0.2) is 0 Å². The van der Waals surface area contributed by atoms with Gasteiger partial charge in [-0.2, -0.15) is 26.3 Å². The van der Waals surface area contributed by atoms with Crippen LogP contribution in [0.25, 0.3) is 0 Å². The van der Waals surface area contributed by atoms with Crippen molar-refractivity contribution in [3.05, 3.63) is 100 Å². The van der Waals surface area contributed by atoms with E-state index in [1.54, 1.807) is 12.1 Å². The summed E-state index contributed by atoms with van der Waals surface area (Å²) in [6.07, 6.45) is -8.51. The molecule has 3 rings (SSSR count). The van der Waals surface area contributed by atoms with Crippen molar-refractivity contribution in [2.24, 2.45) is 0 Å². The molecule has 2 aromatic carbocycles. The highest BCUT2D eigenvalue weighted by molar-refractivity contribution is 5.82. The lowest BCUT2D eigenvalue weighted by atomic mass is 9.81. The van der Waals surface area contributed by atoms with Crippen molar-refractivity contribution in [2.45, 2.75) is 57.3 Å². The van der Waals surface area contributed by atoms with Crippen molar-refractivity contribution in [2.75, 3.05) is 0 Å². The SMILES string of the molecule is CC(C)(C)c1ccccc1CC(=O)C[C@@H](c1ccc(C(F)(F)F)cc1)c1ncccc1C(F)(F)F. The number of rotatable bonds is 6. The number of carbonyl (C=O) groups is 1. The first-order chi connectivity index (χ1) is 16.2. The quantitative estimate of drug-likeness (QED) is 0.329. The second-order valence-electron chi connectivity index (χ2n) is 9.43. The molecule has 0 N–H and O–H groups in total. The Hall–Kier alpha value is -3.16. The number of carbonyl (C=O) groups excluding carboxylic acids is 1. The maximum Gasteiger partial charge on any atom is 0.418 e. The summed E-state index contributed by atoms with van der Waals surface area (Å²) >= 11 is 0. The monoisotopic (exact) mass is 493 g/mol. The molecule has 186 valence electrons. The molecule has 0 bridgehead atoms. The molecule has 0 amide bonds. The summed E-state index contributed by atoms with van der Waals surface area (Å²) < 4.78 is 80.3. The van der Waals surface area contributed by atoms with Crippen molar-refractivity contribution in [1.29, 1.82) is 0 Å². The molecule has 0 saturated heterocycles. The number of benzene rings is 2. The smallest absolute Gasteiger partial charge is 0.299 e. The zero-order chi connectivity index (χ0) is 26.0. The Kier molecular flexibility index (Phi) is 7.43. The Morgan fingerprint density at radius 2 is 1.40 bits per heavy atom. The van der Waals surface area contributed by atoms with Gasteiger partial charge in [-0.15, -0.1) is 0 Å². The minimum absolute atomic E-state index is 0.0151. The average Bonchev–Trinajstić information content (AvgIpc) is 2.76. The predicted octanol–water partition coefficient (Wildman–Crippen LogP) is 7.75. The van der Waals surface area contributed by atoms with Crippen molar-refractivity contribution in [1.82, 2.24) is 4.98 Å². The van der Waals surface area contributed by atoms with E-state index in [2.05, 4.69) is 4.98 Å². The maximum absolute atomic E-state index is 13.7. The van der Waals surface area contributed by atoms with Crippen LogP contribution >= 0.6 is 0 Å². The Morgan fingerprint density at radius 3 is 1.97 bits per heavy atom. The van der Waals surface area contributed by atoms with E-state index >= 15 is 0 Å². The number of hydrogen-bond acceptors (Lipinski definition) is 2. The number of ketones is 1. The molecule has 0 unspecified atom stereocenters. The third-order valence-corrected chi connectivity index (χ3v) is 5.76. The summed E-state index contributed by atoms with van der Waals surface area (Å²) in [6.45, 7) is 5.97. The molecule has 0 aliphatic heterocycles. The van der Waals surface area contributed by atoms with Crippen LogP contribution in [0.1, 0.15) is 66.6 Å². The van der Waals surface area contributed by atoms with E-state index in [0.29, 0.717) is 0 Å². The van der Waals surface area contributed by atoms with E-state index in [1.165, 1.54) is 6.20 Å². The van der Waals surface area contributed by atoms with Crippen LogP contribution in [0.3, 0.4) is 0 Å². The highest BCUT2D eigenvalue weighted by Crippen LogP contribution is 2.39. The fourth-order valence-electron chi connectivity index (χ4n) is 4.13. The zero-order valence-electron chi connectivity index (χ0n) is 19.5. The van der Waals surface area contributed by atoms with Gasteiger partial charge in [-0.1, -0.05) is 57.2 Å². The summed E-state index contributed by atoms with van der Waals surface area (Å²) in [5.74, 6) is -1.50. The van der Waals surface area contributed by atoms with E-state index in [1.807, 2.05) is 32.9 Å². The number of halogens is 6. The van der Waals surface area contributed by atoms with E-state index in [4.69, 9.17) is 0 Å². The summed E-state index contributed by atoms with van der Waals surface area (Å²) in [5.41, 5.74) is -0.748. The standard InChI is InChI=1S/C27H25F6NO/c1-25(2,3)22-8-5-4-7-18(22)15-20(35)16-21(17-10-12-19(13-11-17)26(28,29)30)24-23(27(31,32)33)9-6-14-34-24/h4-14,21H,15-16H2,1-3H3/t21-/m0/s1. The molecular weight excluding hydrogens is 468 g/mol. The fraction of sp³-hybridized carbons (Fsp3) is 0.333. The molecule has 2 nitrogen and oxygen atoms in total. The first-order valence-corrected chi connectivity index (χ1v) is 11.0. The Labute approximate surface area is 200 Å². The van der Waals surface area contributed by atoms with Gasteiger partial charge in [-0.05, 0) is 46.4 Å². The van der Waals surface area contributed by atoms with Gasteiger partial charge >= 0.3 is 12.4 Å². The number of aromatic nitrogens is 1. The van der Waals surface area contributed by atoms with Gasteiger partial charge in [0.2, 0.25) is 0 Å². The Balaban J connectivity index is 2.02. The van der Waals surface area contributed by atoms with Gasteiger partial charge in [-0.3, -0.25) is 9.78 Å². The molecular formula is C27H25F6NO. The van der Waals surface area contributed by atoms with Crippen molar-refractivity contribution < 1.29 is 31.1 Å². The third kappa shape index (κ3) is 6.50. The number of Topliss-reactive ketones (excluding diaryl/α,β-unsaturated/α-hetero) is 1. The first-order valence-electron chi connectivity index (χ1n) is 11.0. The second kappa shape index (κ2) is 9.84. The Morgan fingerprint density at radius 1 is 0.800 bits per heavy atom. The lowest BCUT2D eigenvalue weighted by Gasteiger charge is -2.24. The van der Waals surface area contributed by atoms with Gasteiger partial charge in [0.05, 0.1) is 16.8 Å². The van der Waals surface area contributed by atoms with Crippen molar-refractivity contribution in [3.63, 3.8) is 0 Å². The summed E-state index contributed by atoms with van der Waals surface area (Å²) in [4.78, 5) is 17.1. The van der Waals surface area contributed by atoms with Crippen LogP contribution in [0.4, 0.5) is 26.3 Å². The van der Waals surface area contributed by atoms with Gasteiger partial charge in [0, 0.05) is 25.0 Å². The topological polar surface area (TPSA) is 30.0 Å². The highest BCUT2D eigenvalue weighted by Gasteiger charge is 2.37. The molecule has 35 heavy (non-hydrogen) atoms. The normalized spacial score (nSPS) is 13.5. The largest absolute Gasteiger partial charge is 0.418 e. The molecule has 8 heteroatoms. The minimum atomic E-state index is -4.74. The van der Waals surface area contributed by atoms with E-state index < -0.39 is 35.1 Å². The van der Waals surface area contributed by atoms with Gasteiger partial charge in [0.15, 0.2) is 0 Å². The molecule has 0 spiro atoms. The van der Waals surface area contributed by atoms with E-state index in [0.717, 1.165) is 47.5 Å². The van der Waals surface area contributed by atoms with Crippen LogP contribution in [-0.4, -0.2) is 10.8 Å².